The zero-order valence-electron chi connectivity index (χ0n) is 4.22. The fourth-order valence-corrected chi connectivity index (χ4v) is 0.711. The quantitative estimate of drug-likeness (QED) is 0.426. The zero-order valence-corrected chi connectivity index (χ0v) is 4.22. The van der Waals surface area contributed by atoms with Crippen molar-refractivity contribution in [1.29, 1.82) is 0 Å². The second-order valence-electron chi connectivity index (χ2n) is 1.80. The number of ether oxygens (including phenoxy) is 1. The van der Waals surface area contributed by atoms with E-state index in [4.69, 9.17) is 4.74 Å². The summed E-state index contributed by atoms with van der Waals surface area (Å²) in [5.74, 6) is 0. The molecule has 1 aliphatic heterocycles. The van der Waals surface area contributed by atoms with Crippen LogP contribution in [0, 0.1) is 0 Å². The molecular formula is C5H9O2-. The second kappa shape index (κ2) is 2.28. The van der Waals surface area contributed by atoms with Crippen LogP contribution in [0.1, 0.15) is 19.3 Å². The molecule has 2 heteroatoms. The summed E-state index contributed by atoms with van der Waals surface area (Å²) in [4.78, 5) is 0. The van der Waals surface area contributed by atoms with Gasteiger partial charge in [0.25, 0.3) is 0 Å². The van der Waals surface area contributed by atoms with E-state index in [-0.39, 0.29) is 0 Å². The van der Waals surface area contributed by atoms with Crippen molar-refractivity contribution in [3.63, 3.8) is 0 Å². The van der Waals surface area contributed by atoms with Crippen LogP contribution < -0.4 is 5.11 Å². The van der Waals surface area contributed by atoms with Gasteiger partial charge in [-0.1, -0.05) is 0 Å². The topological polar surface area (TPSA) is 32.3 Å². The first kappa shape index (κ1) is 5.06. The normalized spacial score (nSPS) is 33.0. The van der Waals surface area contributed by atoms with Gasteiger partial charge in [-0.25, -0.2) is 0 Å². The summed E-state index contributed by atoms with van der Waals surface area (Å²) < 4.78 is 4.72. The molecular weight excluding hydrogens is 92.1 g/mol. The Bertz CT molecular complexity index is 48.0. The molecule has 7 heavy (non-hydrogen) atoms. The predicted octanol–water partition coefficient (Wildman–Crippen LogP) is -0.127. The van der Waals surface area contributed by atoms with E-state index < -0.39 is 6.29 Å². The van der Waals surface area contributed by atoms with Gasteiger partial charge in [-0.15, -0.1) is 0 Å². The second-order valence-corrected chi connectivity index (χ2v) is 1.80. The van der Waals surface area contributed by atoms with Gasteiger partial charge in [0, 0.05) is 6.61 Å². The van der Waals surface area contributed by atoms with Crippen molar-refractivity contribution in [2.45, 2.75) is 25.6 Å². The lowest BCUT2D eigenvalue weighted by atomic mass is 10.2. The van der Waals surface area contributed by atoms with Crippen LogP contribution in [0.25, 0.3) is 0 Å². The van der Waals surface area contributed by atoms with Gasteiger partial charge in [0.2, 0.25) is 0 Å². The molecule has 0 radical (unpaired) electrons. The van der Waals surface area contributed by atoms with E-state index in [1.54, 1.807) is 0 Å². The van der Waals surface area contributed by atoms with Gasteiger partial charge in [0.05, 0.1) is 0 Å². The van der Waals surface area contributed by atoms with Crippen LogP contribution in [0.2, 0.25) is 0 Å². The molecule has 0 amide bonds. The van der Waals surface area contributed by atoms with Gasteiger partial charge < -0.3 is 9.84 Å². The SMILES string of the molecule is [O-]C1CCCCO1. The monoisotopic (exact) mass is 101 g/mol. The number of rotatable bonds is 0. The van der Waals surface area contributed by atoms with Crippen LogP contribution in [-0.2, 0) is 4.74 Å². The van der Waals surface area contributed by atoms with E-state index in [0.717, 1.165) is 12.8 Å². The van der Waals surface area contributed by atoms with Crippen LogP contribution in [-0.4, -0.2) is 12.9 Å². The summed E-state index contributed by atoms with van der Waals surface area (Å²) in [7, 11) is 0. The molecule has 0 bridgehead atoms. The molecule has 1 aliphatic rings. The van der Waals surface area contributed by atoms with E-state index in [0.29, 0.717) is 13.0 Å². The smallest absolute Gasteiger partial charge is 0.0451 e. The molecule has 1 fully saturated rings. The number of hydrogen-bond acceptors (Lipinski definition) is 2. The van der Waals surface area contributed by atoms with E-state index in [2.05, 4.69) is 0 Å². The molecule has 0 aromatic rings. The Kier molecular flexibility index (Phi) is 1.65. The van der Waals surface area contributed by atoms with Crippen molar-refractivity contribution in [1.82, 2.24) is 0 Å². The van der Waals surface area contributed by atoms with Gasteiger partial charge in [-0.3, -0.25) is 0 Å². The maximum absolute atomic E-state index is 10.3. The minimum absolute atomic E-state index is 0.675. The Morgan fingerprint density at radius 1 is 1.43 bits per heavy atom. The minimum atomic E-state index is -0.714. The first-order valence-corrected chi connectivity index (χ1v) is 2.67. The van der Waals surface area contributed by atoms with E-state index in [1.807, 2.05) is 0 Å². The van der Waals surface area contributed by atoms with Crippen LogP contribution in [0.3, 0.4) is 0 Å². The summed E-state index contributed by atoms with van der Waals surface area (Å²) in [5, 5.41) is 10.3. The molecule has 0 saturated carbocycles. The average Bonchev–Trinajstić information content (AvgIpc) is 1.69. The van der Waals surface area contributed by atoms with Crippen molar-refractivity contribution in [3.8, 4) is 0 Å². The van der Waals surface area contributed by atoms with Gasteiger partial charge in [-0.2, -0.15) is 0 Å². The highest BCUT2D eigenvalue weighted by Gasteiger charge is 2.00. The molecule has 1 rings (SSSR count). The molecule has 0 spiro atoms. The molecule has 0 aliphatic carbocycles. The fourth-order valence-electron chi connectivity index (χ4n) is 0.711. The van der Waals surface area contributed by atoms with Crippen molar-refractivity contribution in [2.75, 3.05) is 6.61 Å². The maximum Gasteiger partial charge on any atom is 0.0451 e. The van der Waals surface area contributed by atoms with Crippen molar-refractivity contribution < 1.29 is 9.84 Å². The van der Waals surface area contributed by atoms with Gasteiger partial charge in [0.1, 0.15) is 0 Å². The summed E-state index contributed by atoms with van der Waals surface area (Å²) in [6, 6.07) is 0. The largest absolute Gasteiger partial charge is 0.831 e. The standard InChI is InChI=1S/C5H9O2/c6-5-3-1-2-4-7-5/h5H,1-4H2/q-1. The van der Waals surface area contributed by atoms with E-state index in [9.17, 15) is 5.11 Å². The van der Waals surface area contributed by atoms with Crippen LogP contribution in [0.5, 0.6) is 0 Å². The van der Waals surface area contributed by atoms with Crippen molar-refractivity contribution >= 4 is 0 Å². The Morgan fingerprint density at radius 3 is 2.57 bits per heavy atom. The van der Waals surface area contributed by atoms with Crippen LogP contribution >= 0.6 is 0 Å². The highest BCUT2D eigenvalue weighted by molar-refractivity contribution is 4.49. The molecule has 0 N–H and O–H groups in total. The Labute approximate surface area is 43.1 Å². The molecule has 42 valence electrons. The summed E-state index contributed by atoms with van der Waals surface area (Å²) in [5.41, 5.74) is 0. The third kappa shape index (κ3) is 1.45. The van der Waals surface area contributed by atoms with Crippen molar-refractivity contribution in [3.05, 3.63) is 0 Å². The highest BCUT2D eigenvalue weighted by Crippen LogP contribution is 2.06. The molecule has 0 aromatic carbocycles. The summed E-state index contributed by atoms with van der Waals surface area (Å²) in [6.45, 7) is 0.675. The molecule has 1 heterocycles. The van der Waals surface area contributed by atoms with Gasteiger partial charge in [-0.05, 0) is 25.6 Å². The lowest BCUT2D eigenvalue weighted by molar-refractivity contribution is -0.497. The highest BCUT2D eigenvalue weighted by atomic mass is 16.6. The molecule has 0 aromatic heterocycles. The predicted molar refractivity (Wildman–Crippen MR) is 23.6 cm³/mol. The number of hydrogen-bond donors (Lipinski definition) is 0. The van der Waals surface area contributed by atoms with Crippen molar-refractivity contribution in [2.24, 2.45) is 0 Å². The lowest BCUT2D eigenvalue weighted by Crippen LogP contribution is -2.31. The molecule has 2 nitrogen and oxygen atoms in total. The maximum atomic E-state index is 10.3. The Morgan fingerprint density at radius 2 is 2.29 bits per heavy atom. The van der Waals surface area contributed by atoms with Crippen LogP contribution in [0.15, 0.2) is 0 Å². The molecule has 1 unspecified atom stereocenters. The van der Waals surface area contributed by atoms with Gasteiger partial charge >= 0.3 is 0 Å². The van der Waals surface area contributed by atoms with Crippen LogP contribution in [0.4, 0.5) is 0 Å². The Hall–Kier alpha value is -0.0800. The van der Waals surface area contributed by atoms with Gasteiger partial charge in [0.15, 0.2) is 0 Å². The zero-order chi connectivity index (χ0) is 5.11. The first-order chi connectivity index (χ1) is 3.39. The summed E-state index contributed by atoms with van der Waals surface area (Å²) >= 11 is 0. The summed E-state index contributed by atoms with van der Waals surface area (Å²) in [6.07, 6.45) is 2.11. The Balaban J connectivity index is 2.12. The third-order valence-corrected chi connectivity index (χ3v) is 1.14. The van der Waals surface area contributed by atoms with E-state index >= 15 is 0 Å². The average molecular weight is 101 g/mol. The molecule has 1 saturated heterocycles. The fraction of sp³-hybridized carbons (Fsp3) is 1.00. The molecule has 1 atom stereocenters. The minimum Gasteiger partial charge on any atom is -0.831 e. The first-order valence-electron chi connectivity index (χ1n) is 2.67. The third-order valence-electron chi connectivity index (χ3n) is 1.14. The van der Waals surface area contributed by atoms with E-state index in [1.165, 1.54) is 0 Å². The lowest BCUT2D eigenvalue weighted by Gasteiger charge is -2.26.